The van der Waals surface area contributed by atoms with Crippen LogP contribution in [0.4, 0.5) is 18.3 Å². The van der Waals surface area contributed by atoms with Gasteiger partial charge in [0, 0.05) is 0 Å². The number of alkyl halides is 3. The molecule has 1 N–H and O–H groups in total. The number of carbonyl (C=O) groups excluding carboxylic acids is 1. The second-order valence-electron chi connectivity index (χ2n) is 5.12. The lowest BCUT2D eigenvalue weighted by molar-refractivity contribution is -0.138. The van der Waals surface area contributed by atoms with Crippen molar-refractivity contribution in [2.24, 2.45) is 0 Å². The van der Waals surface area contributed by atoms with Crippen molar-refractivity contribution in [2.45, 2.75) is 29.9 Å². The molecule has 142 valence electrons. The number of aromatic nitrogens is 6. The fourth-order valence-corrected chi connectivity index (χ4v) is 3.53. The van der Waals surface area contributed by atoms with Gasteiger partial charge in [-0.3, -0.25) is 10.1 Å². The molecule has 8 nitrogen and oxygen atoms in total. The third kappa shape index (κ3) is 4.60. The van der Waals surface area contributed by atoms with Crippen molar-refractivity contribution in [2.75, 3.05) is 5.32 Å². The zero-order chi connectivity index (χ0) is 19.4. The van der Waals surface area contributed by atoms with E-state index in [4.69, 9.17) is 0 Å². The molecule has 0 bridgehead atoms. The fraction of sp³-hybridized carbons (Fsp3) is 0.286. The van der Waals surface area contributed by atoms with Crippen molar-refractivity contribution in [3.8, 4) is 5.69 Å². The average Bonchev–Trinajstić information content (AvgIpc) is 3.29. The quantitative estimate of drug-likeness (QED) is 0.618. The number of nitrogens with one attached hydrogen (secondary N) is 1. The van der Waals surface area contributed by atoms with Crippen LogP contribution >= 0.6 is 23.1 Å². The molecule has 2 aromatic heterocycles. The zero-order valence-electron chi connectivity index (χ0n) is 13.7. The number of para-hydroxylation sites is 1. The van der Waals surface area contributed by atoms with Gasteiger partial charge in [-0.25, -0.2) is 0 Å². The van der Waals surface area contributed by atoms with Crippen molar-refractivity contribution in [3.05, 3.63) is 35.3 Å². The number of anilines is 1. The summed E-state index contributed by atoms with van der Waals surface area (Å²) >= 11 is 1.38. The number of rotatable bonds is 6. The third-order valence-corrected chi connectivity index (χ3v) is 5.43. The fourth-order valence-electron chi connectivity index (χ4n) is 2.01. The minimum absolute atomic E-state index is 0.214. The number of thioether (sulfide) groups is 1. The summed E-state index contributed by atoms with van der Waals surface area (Å²) in [6, 6.07) is 9.11. The van der Waals surface area contributed by atoms with E-state index in [1.807, 2.05) is 18.2 Å². The number of nitrogens with zero attached hydrogens (tertiary/aromatic N) is 6. The van der Waals surface area contributed by atoms with E-state index in [2.05, 4.69) is 31.0 Å². The van der Waals surface area contributed by atoms with Crippen LogP contribution in [0.1, 0.15) is 18.4 Å². The number of tetrazole rings is 1. The number of amides is 1. The van der Waals surface area contributed by atoms with Crippen LogP contribution < -0.4 is 5.32 Å². The molecule has 0 aliphatic heterocycles. The Kier molecular flexibility index (Phi) is 5.70. The Labute approximate surface area is 159 Å². The summed E-state index contributed by atoms with van der Waals surface area (Å²) in [5.41, 5.74) is 0.721. The number of halogens is 3. The Bertz CT molecular complexity index is 913. The first-order valence-electron chi connectivity index (χ1n) is 7.60. The van der Waals surface area contributed by atoms with Crippen LogP contribution in [0.5, 0.6) is 0 Å². The maximum absolute atomic E-state index is 12.6. The molecular weight excluding hydrogens is 403 g/mol. The van der Waals surface area contributed by atoms with Crippen LogP contribution in [0.3, 0.4) is 0 Å². The van der Waals surface area contributed by atoms with Gasteiger partial charge in [0.2, 0.25) is 21.2 Å². The summed E-state index contributed by atoms with van der Waals surface area (Å²) in [6.45, 7) is 1.77. The first-order chi connectivity index (χ1) is 12.9. The number of hydrogen-bond acceptors (Lipinski definition) is 8. The molecule has 0 aliphatic rings. The Morgan fingerprint density at radius 1 is 1.26 bits per heavy atom. The van der Waals surface area contributed by atoms with Gasteiger partial charge in [-0.05, 0) is 29.0 Å². The Morgan fingerprint density at radius 2 is 2.00 bits per heavy atom. The molecule has 27 heavy (non-hydrogen) atoms. The lowest BCUT2D eigenvalue weighted by atomic mass is 10.3. The van der Waals surface area contributed by atoms with E-state index >= 15 is 0 Å². The summed E-state index contributed by atoms with van der Waals surface area (Å²) in [6.07, 6.45) is -4.19. The van der Waals surface area contributed by atoms with Crippen molar-refractivity contribution < 1.29 is 18.0 Å². The maximum atomic E-state index is 12.6. The lowest BCUT2D eigenvalue weighted by Crippen LogP contribution is -2.25. The van der Waals surface area contributed by atoms with E-state index in [-0.39, 0.29) is 16.5 Å². The number of hydrogen-bond donors (Lipinski definition) is 1. The van der Waals surface area contributed by atoms with E-state index in [1.54, 1.807) is 19.1 Å². The molecule has 0 saturated heterocycles. The SMILES string of the molecule is CC[C@H](Sc1nnnn1-c1ccccc1)C(=O)Nc1nnc(C(F)(F)F)s1. The summed E-state index contributed by atoms with van der Waals surface area (Å²) in [5, 5.41) is 18.6. The predicted molar refractivity (Wildman–Crippen MR) is 92.6 cm³/mol. The van der Waals surface area contributed by atoms with Gasteiger partial charge in [0.25, 0.3) is 0 Å². The average molecular weight is 415 g/mol. The van der Waals surface area contributed by atoms with Crippen LogP contribution in [-0.4, -0.2) is 41.6 Å². The molecule has 13 heteroatoms. The molecule has 1 atom stereocenters. The first-order valence-corrected chi connectivity index (χ1v) is 9.30. The molecule has 3 rings (SSSR count). The van der Waals surface area contributed by atoms with Crippen molar-refractivity contribution in [3.63, 3.8) is 0 Å². The van der Waals surface area contributed by atoms with E-state index in [0.29, 0.717) is 11.6 Å². The molecule has 1 aromatic carbocycles. The smallest absolute Gasteiger partial charge is 0.300 e. The van der Waals surface area contributed by atoms with Crippen molar-refractivity contribution in [1.29, 1.82) is 0 Å². The number of carbonyl (C=O) groups is 1. The molecule has 0 unspecified atom stereocenters. The minimum atomic E-state index is -4.60. The zero-order valence-corrected chi connectivity index (χ0v) is 15.3. The molecule has 0 fully saturated rings. The van der Waals surface area contributed by atoms with E-state index in [1.165, 1.54) is 4.68 Å². The molecule has 0 spiro atoms. The van der Waals surface area contributed by atoms with Crippen LogP contribution in [0.25, 0.3) is 5.69 Å². The third-order valence-electron chi connectivity index (χ3n) is 3.25. The highest BCUT2D eigenvalue weighted by Gasteiger charge is 2.36. The van der Waals surface area contributed by atoms with Crippen LogP contribution in [0.2, 0.25) is 0 Å². The maximum Gasteiger partial charge on any atom is 0.445 e. The van der Waals surface area contributed by atoms with Gasteiger partial charge in [-0.2, -0.15) is 17.9 Å². The minimum Gasteiger partial charge on any atom is -0.300 e. The summed E-state index contributed by atoms with van der Waals surface area (Å²) < 4.78 is 39.2. The molecular formula is C14H12F3N7OS2. The van der Waals surface area contributed by atoms with Crippen LogP contribution in [0, 0.1) is 0 Å². The molecule has 0 aliphatic carbocycles. The summed E-state index contributed by atoms with van der Waals surface area (Å²) in [7, 11) is 0. The van der Waals surface area contributed by atoms with Gasteiger partial charge in [0.15, 0.2) is 0 Å². The molecule has 2 heterocycles. The Morgan fingerprint density at radius 3 is 2.63 bits per heavy atom. The summed E-state index contributed by atoms with van der Waals surface area (Å²) in [5.74, 6) is -0.505. The Hall–Kier alpha value is -2.54. The monoisotopic (exact) mass is 415 g/mol. The highest BCUT2D eigenvalue weighted by Crippen LogP contribution is 2.33. The van der Waals surface area contributed by atoms with E-state index in [9.17, 15) is 18.0 Å². The summed E-state index contributed by atoms with van der Waals surface area (Å²) in [4.78, 5) is 12.4. The predicted octanol–water partition coefficient (Wildman–Crippen LogP) is 3.04. The molecule has 1 amide bonds. The van der Waals surface area contributed by atoms with Crippen molar-refractivity contribution in [1.82, 2.24) is 30.4 Å². The second kappa shape index (κ2) is 8.00. The Balaban J connectivity index is 1.72. The van der Waals surface area contributed by atoms with Gasteiger partial charge < -0.3 is 0 Å². The standard InChI is InChI=1S/C14H12F3N7OS2/c1-2-9(10(25)18-12-20-19-11(27-12)14(15,16)17)26-13-21-22-23-24(13)8-6-4-3-5-7-8/h3-7,9H,2H2,1H3,(H,18,20,25)/t9-/m0/s1. The topological polar surface area (TPSA) is 98.5 Å². The highest BCUT2D eigenvalue weighted by molar-refractivity contribution is 8.00. The van der Waals surface area contributed by atoms with Gasteiger partial charge in [0.05, 0.1) is 10.9 Å². The lowest BCUT2D eigenvalue weighted by Gasteiger charge is -2.12. The highest BCUT2D eigenvalue weighted by atomic mass is 32.2. The molecule has 0 saturated carbocycles. The molecule has 3 aromatic rings. The van der Waals surface area contributed by atoms with E-state index in [0.717, 1.165) is 17.4 Å². The van der Waals surface area contributed by atoms with Crippen molar-refractivity contribution >= 4 is 34.1 Å². The second-order valence-corrected chi connectivity index (χ2v) is 7.27. The molecule has 0 radical (unpaired) electrons. The normalized spacial score (nSPS) is 12.7. The van der Waals surface area contributed by atoms with E-state index < -0.39 is 22.3 Å². The first kappa shape index (κ1) is 19.2. The van der Waals surface area contributed by atoms with Gasteiger partial charge >= 0.3 is 6.18 Å². The van der Waals surface area contributed by atoms with Gasteiger partial charge in [-0.15, -0.1) is 15.3 Å². The van der Waals surface area contributed by atoms with Crippen LogP contribution in [0.15, 0.2) is 35.5 Å². The van der Waals surface area contributed by atoms with Gasteiger partial charge in [0.1, 0.15) is 0 Å². The largest absolute Gasteiger partial charge is 0.445 e. The van der Waals surface area contributed by atoms with Crippen LogP contribution in [-0.2, 0) is 11.0 Å². The number of benzene rings is 1. The van der Waals surface area contributed by atoms with Gasteiger partial charge in [-0.1, -0.05) is 48.2 Å².